The minimum Gasteiger partial charge on any atom is -0.481 e. The van der Waals surface area contributed by atoms with E-state index >= 15 is 0 Å². The number of aliphatic hydroxyl groups excluding tert-OH is 1. The number of rotatable bonds is 10. The van der Waals surface area contributed by atoms with E-state index in [1.165, 1.54) is 4.90 Å². The van der Waals surface area contributed by atoms with E-state index in [0.717, 1.165) is 0 Å². The standard InChI is InChI=1S/C28H46N2O6/c1-10-14-29(26(7,8)16-25(4,5)6)23(33)21-28-13-12-27(9,36-28)20(24(34)35)19(28)22(32)30(21)18(15-31)17(3)11-2/h10,17-21,31H,1,11-16H2,2-9H3,(H,34,35)/t17-,18-,19-,20+,21?,27-,28?/m0/s1. The lowest BCUT2D eigenvalue weighted by atomic mass is 9.66. The maximum atomic E-state index is 14.6. The molecule has 2 amide bonds. The Bertz CT molecular complexity index is 910. The first-order valence-corrected chi connectivity index (χ1v) is 13.3. The van der Waals surface area contributed by atoms with Gasteiger partial charge in [-0.1, -0.05) is 47.1 Å². The molecule has 1 spiro atoms. The summed E-state index contributed by atoms with van der Waals surface area (Å²) in [6.45, 7) is 19.9. The predicted octanol–water partition coefficient (Wildman–Crippen LogP) is 3.47. The van der Waals surface area contributed by atoms with Crippen molar-refractivity contribution >= 4 is 17.8 Å². The number of aliphatic hydroxyl groups is 1. The number of hydrogen-bond donors (Lipinski definition) is 2. The Morgan fingerprint density at radius 2 is 1.89 bits per heavy atom. The van der Waals surface area contributed by atoms with Crippen LogP contribution in [0.25, 0.3) is 0 Å². The predicted molar refractivity (Wildman–Crippen MR) is 137 cm³/mol. The van der Waals surface area contributed by atoms with Crippen molar-refractivity contribution in [1.82, 2.24) is 9.80 Å². The second kappa shape index (κ2) is 9.43. The highest BCUT2D eigenvalue weighted by molar-refractivity contribution is 5.98. The van der Waals surface area contributed by atoms with Gasteiger partial charge in [-0.05, 0) is 51.4 Å². The summed E-state index contributed by atoms with van der Waals surface area (Å²) in [7, 11) is 0. The number of hydrogen-bond acceptors (Lipinski definition) is 5. The van der Waals surface area contributed by atoms with E-state index in [2.05, 4.69) is 27.4 Å². The molecule has 8 heteroatoms. The molecule has 3 rings (SSSR count). The summed E-state index contributed by atoms with van der Waals surface area (Å²) in [4.78, 5) is 44.5. The van der Waals surface area contributed by atoms with Crippen LogP contribution in [0.4, 0.5) is 0 Å². The SMILES string of the molecule is C=CCN(C(=O)C1N([C@@H](CO)[C@@H](C)CC)C(=O)[C@@H]2[C@H](C(=O)O)[C@]3(C)CCC12O3)C(C)(C)CC(C)(C)C. The molecule has 7 atom stereocenters. The first kappa shape index (κ1) is 28.6. The number of amides is 2. The molecule has 0 aliphatic carbocycles. The minimum atomic E-state index is -1.23. The zero-order chi connectivity index (χ0) is 27.4. The molecule has 3 heterocycles. The van der Waals surface area contributed by atoms with Crippen LogP contribution in [0.1, 0.15) is 81.1 Å². The fraction of sp³-hybridized carbons (Fsp3) is 0.821. The Kier molecular flexibility index (Phi) is 7.50. The third kappa shape index (κ3) is 4.38. The van der Waals surface area contributed by atoms with Gasteiger partial charge in [-0.15, -0.1) is 6.58 Å². The molecule has 8 nitrogen and oxygen atoms in total. The van der Waals surface area contributed by atoms with Crippen molar-refractivity contribution in [2.45, 2.75) is 110 Å². The van der Waals surface area contributed by atoms with Gasteiger partial charge in [-0.3, -0.25) is 14.4 Å². The maximum absolute atomic E-state index is 14.6. The van der Waals surface area contributed by atoms with Crippen LogP contribution in [0.2, 0.25) is 0 Å². The van der Waals surface area contributed by atoms with E-state index in [4.69, 9.17) is 4.74 Å². The highest BCUT2D eigenvalue weighted by Gasteiger charge is 2.79. The van der Waals surface area contributed by atoms with Crippen LogP contribution in [-0.4, -0.2) is 79.8 Å². The van der Waals surface area contributed by atoms with Gasteiger partial charge in [0.25, 0.3) is 0 Å². The topological polar surface area (TPSA) is 107 Å². The van der Waals surface area contributed by atoms with Crippen LogP contribution in [0.5, 0.6) is 0 Å². The monoisotopic (exact) mass is 506 g/mol. The summed E-state index contributed by atoms with van der Waals surface area (Å²) in [6.07, 6.45) is 3.98. The number of ether oxygens (including phenoxy) is 1. The maximum Gasteiger partial charge on any atom is 0.310 e. The average Bonchev–Trinajstić information content (AvgIpc) is 3.31. The number of carboxylic acid groups (broad SMARTS) is 1. The van der Waals surface area contributed by atoms with Crippen molar-refractivity contribution in [3.8, 4) is 0 Å². The zero-order valence-corrected chi connectivity index (χ0v) is 23.3. The van der Waals surface area contributed by atoms with E-state index < -0.39 is 52.5 Å². The molecular weight excluding hydrogens is 460 g/mol. The van der Waals surface area contributed by atoms with Gasteiger partial charge >= 0.3 is 5.97 Å². The fourth-order valence-corrected chi connectivity index (χ4v) is 7.50. The van der Waals surface area contributed by atoms with Crippen molar-refractivity contribution in [1.29, 1.82) is 0 Å². The molecule has 0 aromatic rings. The van der Waals surface area contributed by atoms with Crippen molar-refractivity contribution in [3.05, 3.63) is 12.7 Å². The van der Waals surface area contributed by atoms with Gasteiger partial charge in [0.05, 0.1) is 30.1 Å². The van der Waals surface area contributed by atoms with Gasteiger partial charge in [0.15, 0.2) is 0 Å². The lowest BCUT2D eigenvalue weighted by Crippen LogP contribution is -2.63. The second-order valence-electron chi connectivity index (χ2n) is 13.2. The molecule has 3 aliphatic rings. The molecule has 204 valence electrons. The van der Waals surface area contributed by atoms with E-state index in [9.17, 15) is 24.6 Å². The molecule has 3 aliphatic heterocycles. The first-order chi connectivity index (χ1) is 16.5. The summed E-state index contributed by atoms with van der Waals surface area (Å²) in [5.74, 6) is -3.82. The third-order valence-electron chi connectivity index (χ3n) is 8.83. The largest absolute Gasteiger partial charge is 0.481 e. The summed E-state index contributed by atoms with van der Waals surface area (Å²) >= 11 is 0. The van der Waals surface area contributed by atoms with E-state index in [0.29, 0.717) is 25.7 Å². The molecular formula is C28H46N2O6. The average molecular weight is 507 g/mol. The van der Waals surface area contributed by atoms with E-state index in [1.807, 2.05) is 27.7 Å². The van der Waals surface area contributed by atoms with Crippen LogP contribution in [-0.2, 0) is 19.1 Å². The van der Waals surface area contributed by atoms with Crippen LogP contribution >= 0.6 is 0 Å². The number of aliphatic carboxylic acids is 1. The fourth-order valence-electron chi connectivity index (χ4n) is 7.50. The number of fused-ring (bicyclic) bond motifs is 1. The molecule has 3 fully saturated rings. The lowest BCUT2D eigenvalue weighted by molar-refractivity contribution is -0.162. The Balaban J connectivity index is 2.19. The van der Waals surface area contributed by atoms with Gasteiger partial charge in [-0.25, -0.2) is 0 Å². The van der Waals surface area contributed by atoms with Crippen LogP contribution in [0, 0.1) is 23.2 Å². The first-order valence-electron chi connectivity index (χ1n) is 13.3. The van der Waals surface area contributed by atoms with Crippen molar-refractivity contribution in [2.24, 2.45) is 23.2 Å². The van der Waals surface area contributed by atoms with Crippen molar-refractivity contribution in [3.63, 3.8) is 0 Å². The Morgan fingerprint density at radius 1 is 1.28 bits per heavy atom. The summed E-state index contributed by atoms with van der Waals surface area (Å²) in [6, 6.07) is -1.62. The van der Waals surface area contributed by atoms with Gasteiger partial charge < -0.3 is 24.7 Å². The third-order valence-corrected chi connectivity index (χ3v) is 8.83. The second-order valence-corrected chi connectivity index (χ2v) is 13.2. The van der Waals surface area contributed by atoms with Crippen LogP contribution in [0.3, 0.4) is 0 Å². The molecule has 2 unspecified atom stereocenters. The zero-order valence-electron chi connectivity index (χ0n) is 23.3. The number of carbonyl (C=O) groups excluding carboxylic acids is 2. The van der Waals surface area contributed by atoms with Gasteiger partial charge in [0, 0.05) is 12.1 Å². The van der Waals surface area contributed by atoms with E-state index in [-0.39, 0.29) is 30.4 Å². The number of likely N-dealkylation sites (tertiary alicyclic amines) is 1. The number of carboxylic acids is 1. The molecule has 0 saturated carbocycles. The molecule has 36 heavy (non-hydrogen) atoms. The molecule has 2 bridgehead atoms. The lowest BCUT2D eigenvalue weighted by Gasteiger charge is -2.47. The highest BCUT2D eigenvalue weighted by Crippen LogP contribution is 2.63. The molecule has 0 aromatic carbocycles. The van der Waals surface area contributed by atoms with Gasteiger partial charge in [-0.2, -0.15) is 0 Å². The smallest absolute Gasteiger partial charge is 0.310 e. The highest BCUT2D eigenvalue weighted by atomic mass is 16.5. The Morgan fingerprint density at radius 3 is 2.36 bits per heavy atom. The van der Waals surface area contributed by atoms with Crippen LogP contribution in [0.15, 0.2) is 12.7 Å². The minimum absolute atomic E-state index is 0.0657. The van der Waals surface area contributed by atoms with Gasteiger partial charge in [0.2, 0.25) is 11.8 Å². The Hall–Kier alpha value is -1.93. The molecule has 0 aromatic heterocycles. The van der Waals surface area contributed by atoms with Gasteiger partial charge in [0.1, 0.15) is 11.6 Å². The quantitative estimate of drug-likeness (QED) is 0.440. The summed E-state index contributed by atoms with van der Waals surface area (Å²) in [5, 5.41) is 20.6. The van der Waals surface area contributed by atoms with Crippen LogP contribution < -0.4 is 0 Å². The normalized spacial score (nSPS) is 33.4. The summed E-state index contributed by atoms with van der Waals surface area (Å²) < 4.78 is 6.53. The molecule has 3 saturated heterocycles. The summed E-state index contributed by atoms with van der Waals surface area (Å²) in [5.41, 5.74) is -2.87. The Labute approximate surface area is 216 Å². The van der Waals surface area contributed by atoms with Crippen molar-refractivity contribution in [2.75, 3.05) is 13.2 Å². The molecule has 2 N–H and O–H groups in total. The van der Waals surface area contributed by atoms with Crippen molar-refractivity contribution < 1.29 is 29.3 Å². The number of nitrogens with zero attached hydrogens (tertiary/aromatic N) is 2. The van der Waals surface area contributed by atoms with E-state index in [1.54, 1.807) is 17.9 Å². The molecule has 0 radical (unpaired) electrons. The number of carbonyl (C=O) groups is 3.